The van der Waals surface area contributed by atoms with Crippen molar-refractivity contribution >= 4 is 15.7 Å². The summed E-state index contributed by atoms with van der Waals surface area (Å²) in [7, 11) is -2.98. The van der Waals surface area contributed by atoms with Gasteiger partial charge in [0.1, 0.15) is 6.61 Å². The predicted octanol–water partition coefficient (Wildman–Crippen LogP) is 0.181. The second-order valence-electron chi connectivity index (χ2n) is 6.34. The van der Waals surface area contributed by atoms with Crippen LogP contribution in [0.2, 0.25) is 0 Å². The number of hydrogen-bond acceptors (Lipinski definition) is 5. The van der Waals surface area contributed by atoms with Crippen molar-refractivity contribution in [3.63, 3.8) is 0 Å². The van der Waals surface area contributed by atoms with Crippen molar-refractivity contribution < 1.29 is 17.9 Å². The van der Waals surface area contributed by atoms with E-state index in [0.717, 1.165) is 25.9 Å². The van der Waals surface area contributed by atoms with E-state index < -0.39 is 9.84 Å². The van der Waals surface area contributed by atoms with Gasteiger partial charge in [-0.3, -0.25) is 4.79 Å². The molecule has 2 aliphatic heterocycles. The summed E-state index contributed by atoms with van der Waals surface area (Å²) in [5.41, 5.74) is -0.256. The van der Waals surface area contributed by atoms with E-state index in [1.165, 1.54) is 0 Å². The molecule has 2 saturated heterocycles. The number of amides is 1. The molecule has 2 heterocycles. The zero-order valence-electron chi connectivity index (χ0n) is 12.9. The maximum atomic E-state index is 12.4. The van der Waals surface area contributed by atoms with Crippen LogP contribution in [0.25, 0.3) is 0 Å². The molecule has 1 N–H and O–H groups in total. The SMILES string of the molecule is CCCCN(C(=O)COC1(C)CNC1)C1CCS(=O)(=O)C1. The minimum Gasteiger partial charge on any atom is -0.363 e. The summed E-state index contributed by atoms with van der Waals surface area (Å²) in [6.45, 7) is 6.21. The summed E-state index contributed by atoms with van der Waals surface area (Å²) >= 11 is 0. The van der Waals surface area contributed by atoms with Gasteiger partial charge < -0.3 is 15.0 Å². The van der Waals surface area contributed by atoms with Crippen LogP contribution in [0, 0.1) is 0 Å². The molecule has 2 fully saturated rings. The molecule has 0 aromatic rings. The average Bonchev–Trinajstić information content (AvgIpc) is 2.75. The Labute approximate surface area is 127 Å². The number of rotatable bonds is 7. The molecule has 0 radical (unpaired) electrons. The lowest BCUT2D eigenvalue weighted by Crippen LogP contribution is -2.60. The van der Waals surface area contributed by atoms with E-state index in [4.69, 9.17) is 4.74 Å². The third-order valence-electron chi connectivity index (χ3n) is 4.26. The second kappa shape index (κ2) is 6.62. The molecule has 21 heavy (non-hydrogen) atoms. The Hall–Kier alpha value is -0.660. The molecule has 2 aliphatic rings. The van der Waals surface area contributed by atoms with Gasteiger partial charge in [0.05, 0.1) is 17.1 Å². The first-order valence-electron chi connectivity index (χ1n) is 7.70. The molecule has 0 aromatic heterocycles. The maximum absolute atomic E-state index is 12.4. The third kappa shape index (κ3) is 4.40. The van der Waals surface area contributed by atoms with Crippen LogP contribution in [0.3, 0.4) is 0 Å². The highest BCUT2D eigenvalue weighted by Gasteiger charge is 2.37. The fourth-order valence-electron chi connectivity index (χ4n) is 2.76. The lowest BCUT2D eigenvalue weighted by molar-refractivity contribution is -0.147. The van der Waals surface area contributed by atoms with Crippen LogP contribution in [0.4, 0.5) is 0 Å². The number of sulfone groups is 1. The van der Waals surface area contributed by atoms with Crippen LogP contribution in [-0.4, -0.2) is 68.6 Å². The van der Waals surface area contributed by atoms with Crippen LogP contribution < -0.4 is 5.32 Å². The highest BCUT2D eigenvalue weighted by atomic mass is 32.2. The minimum atomic E-state index is -2.98. The van der Waals surface area contributed by atoms with Crippen LogP contribution in [0.15, 0.2) is 0 Å². The van der Waals surface area contributed by atoms with E-state index in [1.54, 1.807) is 4.90 Å². The van der Waals surface area contributed by atoms with Crippen molar-refractivity contribution in [3.8, 4) is 0 Å². The van der Waals surface area contributed by atoms with Gasteiger partial charge in [-0.25, -0.2) is 8.42 Å². The summed E-state index contributed by atoms with van der Waals surface area (Å²) in [6.07, 6.45) is 2.42. The Bertz CT molecular complexity index is 473. The fourth-order valence-corrected chi connectivity index (χ4v) is 4.49. The summed E-state index contributed by atoms with van der Waals surface area (Å²) < 4.78 is 29.0. The molecule has 0 aromatic carbocycles. The van der Waals surface area contributed by atoms with Crippen LogP contribution >= 0.6 is 0 Å². The van der Waals surface area contributed by atoms with Crippen molar-refractivity contribution in [2.24, 2.45) is 0 Å². The van der Waals surface area contributed by atoms with Gasteiger partial charge in [0.2, 0.25) is 5.91 Å². The number of carbonyl (C=O) groups excluding carboxylic acids is 1. The second-order valence-corrected chi connectivity index (χ2v) is 8.57. The van der Waals surface area contributed by atoms with Gasteiger partial charge in [-0.15, -0.1) is 0 Å². The molecule has 0 aliphatic carbocycles. The summed E-state index contributed by atoms with van der Waals surface area (Å²) in [4.78, 5) is 14.1. The van der Waals surface area contributed by atoms with Crippen molar-refractivity contribution in [1.29, 1.82) is 0 Å². The molecule has 0 spiro atoms. The van der Waals surface area contributed by atoms with Gasteiger partial charge in [0, 0.05) is 25.7 Å². The van der Waals surface area contributed by atoms with Gasteiger partial charge >= 0.3 is 0 Å². The topological polar surface area (TPSA) is 75.7 Å². The molecule has 6 nitrogen and oxygen atoms in total. The number of ether oxygens (including phenoxy) is 1. The monoisotopic (exact) mass is 318 g/mol. The molecular weight excluding hydrogens is 292 g/mol. The molecule has 1 amide bonds. The van der Waals surface area contributed by atoms with E-state index >= 15 is 0 Å². The summed E-state index contributed by atoms with van der Waals surface area (Å²) in [6, 6.07) is -0.176. The third-order valence-corrected chi connectivity index (χ3v) is 6.01. The molecule has 0 bridgehead atoms. The average molecular weight is 318 g/mol. The lowest BCUT2D eigenvalue weighted by Gasteiger charge is -2.39. The number of carbonyl (C=O) groups is 1. The molecular formula is C14H26N2O4S. The fraction of sp³-hybridized carbons (Fsp3) is 0.929. The number of unbranched alkanes of at least 4 members (excludes halogenated alkanes) is 1. The molecule has 1 atom stereocenters. The first-order valence-corrected chi connectivity index (χ1v) is 9.52. The summed E-state index contributed by atoms with van der Waals surface area (Å²) in [5.74, 6) is 0.204. The van der Waals surface area contributed by atoms with E-state index in [2.05, 4.69) is 12.2 Å². The van der Waals surface area contributed by atoms with Gasteiger partial charge in [0.25, 0.3) is 0 Å². The number of hydrogen-bond donors (Lipinski definition) is 1. The van der Waals surface area contributed by atoms with Crippen molar-refractivity contribution in [1.82, 2.24) is 10.2 Å². The normalized spacial score (nSPS) is 26.3. The highest BCUT2D eigenvalue weighted by Crippen LogP contribution is 2.20. The van der Waals surface area contributed by atoms with E-state index in [9.17, 15) is 13.2 Å². The van der Waals surface area contributed by atoms with Crippen LogP contribution in [-0.2, 0) is 19.4 Å². The van der Waals surface area contributed by atoms with Gasteiger partial charge in [0.15, 0.2) is 9.84 Å². The Morgan fingerprint density at radius 3 is 2.62 bits per heavy atom. The van der Waals surface area contributed by atoms with Crippen molar-refractivity contribution in [3.05, 3.63) is 0 Å². The van der Waals surface area contributed by atoms with Crippen LogP contribution in [0.1, 0.15) is 33.1 Å². The first kappa shape index (κ1) is 16.7. The first-order chi connectivity index (χ1) is 9.85. The molecule has 1 unspecified atom stereocenters. The number of nitrogens with one attached hydrogen (secondary N) is 1. The highest BCUT2D eigenvalue weighted by molar-refractivity contribution is 7.91. The lowest BCUT2D eigenvalue weighted by atomic mass is 10.0. The molecule has 7 heteroatoms. The smallest absolute Gasteiger partial charge is 0.248 e. The van der Waals surface area contributed by atoms with Gasteiger partial charge in [-0.1, -0.05) is 13.3 Å². The summed E-state index contributed by atoms with van der Waals surface area (Å²) in [5, 5.41) is 3.13. The zero-order chi connectivity index (χ0) is 15.5. The van der Waals surface area contributed by atoms with Crippen LogP contribution in [0.5, 0.6) is 0 Å². The Kier molecular flexibility index (Phi) is 5.27. The Morgan fingerprint density at radius 2 is 2.14 bits per heavy atom. The van der Waals surface area contributed by atoms with Crippen molar-refractivity contribution in [2.45, 2.75) is 44.8 Å². The molecule has 2 rings (SSSR count). The standard InChI is InChI=1S/C14H26N2O4S/c1-3-4-6-16(12-5-7-21(18,19)9-12)13(17)8-20-14(2)10-15-11-14/h12,15H,3-11H2,1-2H3. The van der Waals surface area contributed by atoms with E-state index in [0.29, 0.717) is 13.0 Å². The van der Waals surface area contributed by atoms with Crippen molar-refractivity contribution in [2.75, 3.05) is 37.7 Å². The predicted molar refractivity (Wildman–Crippen MR) is 80.9 cm³/mol. The maximum Gasteiger partial charge on any atom is 0.248 e. The van der Waals surface area contributed by atoms with E-state index in [1.807, 2.05) is 6.92 Å². The van der Waals surface area contributed by atoms with E-state index in [-0.39, 0.29) is 35.7 Å². The zero-order valence-corrected chi connectivity index (χ0v) is 13.7. The minimum absolute atomic E-state index is 0.0401. The Balaban J connectivity index is 1.93. The van der Waals surface area contributed by atoms with Gasteiger partial charge in [-0.05, 0) is 19.8 Å². The largest absolute Gasteiger partial charge is 0.363 e. The van der Waals surface area contributed by atoms with Gasteiger partial charge in [-0.2, -0.15) is 0 Å². The Morgan fingerprint density at radius 1 is 1.43 bits per heavy atom. The number of nitrogens with zero attached hydrogens (tertiary/aromatic N) is 1. The quantitative estimate of drug-likeness (QED) is 0.725. The molecule has 122 valence electrons. The molecule has 0 saturated carbocycles.